The first-order valence-electron chi connectivity index (χ1n) is 33.4. The number of para-hydroxylation sites is 2. The number of rotatable bonds is 44. The molecule has 2 aromatic carbocycles. The number of aromatic nitrogens is 6. The van der Waals surface area contributed by atoms with Crippen LogP contribution < -0.4 is 21.7 Å². The fourth-order valence-electron chi connectivity index (χ4n) is 9.31. The minimum Gasteiger partial charge on any atom is -0.481 e. The van der Waals surface area contributed by atoms with Gasteiger partial charge in [0.25, 0.3) is 0 Å². The zero-order chi connectivity index (χ0) is 74.8. The van der Waals surface area contributed by atoms with E-state index in [1.807, 2.05) is 71.5 Å². The van der Waals surface area contributed by atoms with Crippen LogP contribution >= 0.6 is 0 Å². The zero-order valence-corrected chi connectivity index (χ0v) is 60.2. The van der Waals surface area contributed by atoms with Crippen LogP contribution in [0.4, 0.5) is 11.6 Å². The van der Waals surface area contributed by atoms with Gasteiger partial charge in [0, 0.05) is 63.6 Å². The molecule has 0 fully saturated rings. The average molecular weight is 1420 g/mol. The Morgan fingerprint density at radius 3 is 1.45 bits per heavy atom. The number of nitrogen functional groups attached to an aromatic ring is 1. The lowest BCUT2D eigenvalue weighted by Gasteiger charge is -2.20. The van der Waals surface area contributed by atoms with Crippen LogP contribution in [-0.2, 0) is 112 Å². The first kappa shape index (κ1) is 85.0. The summed E-state index contributed by atoms with van der Waals surface area (Å²) in [5.74, 6) is -1.59. The summed E-state index contributed by atoms with van der Waals surface area (Å²) in [6.07, 6.45) is 0.610. The van der Waals surface area contributed by atoms with Crippen LogP contribution in [0.2, 0.25) is 0 Å². The van der Waals surface area contributed by atoms with Crippen molar-refractivity contribution < 1.29 is 101 Å². The maximum Gasteiger partial charge on any atom is 0.309 e. The van der Waals surface area contributed by atoms with Crippen molar-refractivity contribution in [3.05, 3.63) is 67.1 Å². The molecule has 6 aromatic rings. The first-order valence-corrected chi connectivity index (χ1v) is 33.4. The van der Waals surface area contributed by atoms with Crippen LogP contribution in [-0.4, -0.2) is 220 Å². The van der Waals surface area contributed by atoms with Crippen molar-refractivity contribution in [2.24, 2.45) is 0 Å². The molecular weight excluding hydrogens is 1320 g/mol. The van der Waals surface area contributed by atoms with Gasteiger partial charge in [-0.2, -0.15) is 0 Å². The van der Waals surface area contributed by atoms with Gasteiger partial charge in [0.05, 0.1) is 119 Å². The monoisotopic (exact) mass is 1420 g/mol. The van der Waals surface area contributed by atoms with E-state index in [9.17, 15) is 48.6 Å². The Hall–Kier alpha value is -8.37. The van der Waals surface area contributed by atoms with Gasteiger partial charge in [-0.1, -0.05) is 36.4 Å². The second-order valence-electron chi connectivity index (χ2n) is 26.0. The van der Waals surface area contributed by atoms with Crippen molar-refractivity contribution in [3.63, 3.8) is 0 Å². The van der Waals surface area contributed by atoms with E-state index in [2.05, 4.69) is 37.8 Å². The number of nitrogens with one attached hydrogen (secondary N) is 3. The first-order chi connectivity index (χ1) is 47.7. The van der Waals surface area contributed by atoms with Gasteiger partial charge in [0.2, 0.25) is 23.3 Å². The number of benzene rings is 2. The van der Waals surface area contributed by atoms with Crippen LogP contribution in [0.1, 0.15) is 126 Å². The quantitative estimate of drug-likeness (QED) is 0.0137. The van der Waals surface area contributed by atoms with Crippen molar-refractivity contribution in [2.75, 3.05) is 117 Å². The van der Waals surface area contributed by atoms with Gasteiger partial charge >= 0.3 is 17.9 Å². The second kappa shape index (κ2) is 42.8. The number of carboxylic acids is 1. The summed E-state index contributed by atoms with van der Waals surface area (Å²) >= 11 is 0. The molecule has 0 radical (unpaired) electrons. The molecule has 0 spiro atoms. The average Bonchev–Trinajstić information content (AvgIpc) is 1.63. The van der Waals surface area contributed by atoms with E-state index in [0.717, 1.165) is 27.6 Å². The normalized spacial score (nSPS) is 11.8. The molecule has 0 atom stereocenters. The smallest absolute Gasteiger partial charge is 0.309 e. The number of aliphatic carboxylic acids is 1. The van der Waals surface area contributed by atoms with Gasteiger partial charge < -0.3 is 93.5 Å². The molecule has 0 saturated heterocycles. The number of fused-ring (bicyclic) bond motifs is 6. The van der Waals surface area contributed by atoms with Crippen LogP contribution in [0.25, 0.3) is 43.9 Å². The third-order valence-electron chi connectivity index (χ3n) is 13.4. The number of hydrogen-bond acceptors (Lipinski definition) is 25. The number of hydrogen-bond donors (Lipinski definition) is 7. The second-order valence-corrected chi connectivity index (χ2v) is 26.0. The number of amides is 3. The number of esters is 2. The number of ether oxygens (including phenoxy) is 10. The zero-order valence-electron chi connectivity index (χ0n) is 60.2. The van der Waals surface area contributed by atoms with E-state index in [-0.39, 0.29) is 167 Å². The number of aliphatic hydroxyl groups is 2. The van der Waals surface area contributed by atoms with Crippen LogP contribution in [0.5, 0.6) is 0 Å². The highest BCUT2D eigenvalue weighted by molar-refractivity contribution is 6.10. The molecule has 3 amide bonds. The molecule has 31 heteroatoms. The predicted octanol–water partition coefficient (Wildman–Crippen LogP) is 5.68. The van der Waals surface area contributed by atoms with E-state index in [4.69, 9.17) is 63.2 Å². The molecule has 0 unspecified atom stereocenters. The Morgan fingerprint density at radius 2 is 0.960 bits per heavy atom. The molecule has 4 heterocycles. The van der Waals surface area contributed by atoms with E-state index in [1.165, 1.54) is 0 Å². The molecule has 0 bridgehead atoms. The highest BCUT2D eigenvalue weighted by Crippen LogP contribution is 2.33. The predicted molar refractivity (Wildman–Crippen MR) is 374 cm³/mol. The van der Waals surface area contributed by atoms with Gasteiger partial charge in [0.1, 0.15) is 74.8 Å². The van der Waals surface area contributed by atoms with E-state index in [1.54, 1.807) is 62.3 Å². The summed E-state index contributed by atoms with van der Waals surface area (Å²) in [6, 6.07) is 15.3. The third kappa shape index (κ3) is 33.8. The number of carbonyl (C=O) groups is 8. The third-order valence-corrected chi connectivity index (χ3v) is 13.4. The molecule has 101 heavy (non-hydrogen) atoms. The molecule has 31 nitrogen and oxygen atoms in total. The van der Waals surface area contributed by atoms with Crippen LogP contribution in [0.3, 0.4) is 0 Å². The molecule has 0 aliphatic carbocycles. The van der Waals surface area contributed by atoms with Gasteiger partial charge in [-0.3, -0.25) is 38.4 Å². The number of nitrogens with two attached hydrogens (primary N) is 1. The van der Waals surface area contributed by atoms with Gasteiger partial charge in [-0.15, -0.1) is 0 Å². The van der Waals surface area contributed by atoms with Crippen molar-refractivity contribution >= 4 is 103 Å². The highest BCUT2D eigenvalue weighted by atomic mass is 16.6. The topological polar surface area (TPSA) is 413 Å². The van der Waals surface area contributed by atoms with Crippen molar-refractivity contribution in [1.82, 2.24) is 39.7 Å². The molecule has 6 rings (SSSR count). The maximum absolute atomic E-state index is 12.9. The molecular formula is C70H103N10O21+. The van der Waals surface area contributed by atoms with E-state index in [0.29, 0.717) is 66.5 Å². The lowest BCUT2D eigenvalue weighted by atomic mass is 10.1. The number of carbonyl (C=O) groups excluding carboxylic acids is 7. The minimum absolute atomic E-state index is 0.0478. The fourth-order valence-corrected chi connectivity index (χ4v) is 9.31. The van der Waals surface area contributed by atoms with Crippen LogP contribution in [0, 0.1) is 6.92 Å². The summed E-state index contributed by atoms with van der Waals surface area (Å²) in [5, 5.41) is 39.0. The van der Waals surface area contributed by atoms with Crippen LogP contribution in [0.15, 0.2) is 48.5 Å². The van der Waals surface area contributed by atoms with Gasteiger partial charge in [0.15, 0.2) is 23.2 Å². The number of nitrogens with zero attached hydrogens (tertiary/aromatic N) is 6. The number of pyridine rings is 2. The highest BCUT2D eigenvalue weighted by Gasteiger charge is 2.27. The van der Waals surface area contributed by atoms with Crippen molar-refractivity contribution in [2.45, 2.75) is 163 Å². The number of imidazole rings is 2. The Balaban J connectivity index is 0.000000356. The Bertz CT molecular complexity index is 3640. The van der Waals surface area contributed by atoms with E-state index >= 15 is 0 Å². The SMILES string of the molecule is CCOCc1nc2c(N)nc3ccccc3c2n1CC(C)(C)O.CCOCc1nc2c(NC(=O)CNC(=O)COCCOCCOCC(=O)NCCC(=O)OC(C)(C)C)nc3ccccc3c2n1CC(C)(C)O.[CH2+]C(C)(C)OC(=O)CCCC(=O)COCCOCCOCC(=O)CCC(=O)O. The van der Waals surface area contributed by atoms with Gasteiger partial charge in [-0.25, -0.2) is 19.9 Å². The molecule has 558 valence electrons. The maximum atomic E-state index is 12.9. The van der Waals surface area contributed by atoms with Crippen molar-refractivity contribution in [1.29, 1.82) is 0 Å². The molecule has 0 aliphatic heterocycles. The number of anilines is 2. The summed E-state index contributed by atoms with van der Waals surface area (Å²) in [6.45, 7) is 26.3. The fraction of sp³-hybridized carbons (Fsp3) is 0.586. The number of carboxylic acid groups (broad SMARTS) is 1. The molecule has 8 N–H and O–H groups in total. The Kier molecular flexibility index (Phi) is 36.0. The summed E-state index contributed by atoms with van der Waals surface area (Å²) in [5.41, 5.74) is 6.95. The minimum atomic E-state index is -1.05. The lowest BCUT2D eigenvalue weighted by molar-refractivity contribution is -0.155. The summed E-state index contributed by atoms with van der Waals surface area (Å²) < 4.78 is 56.6. The lowest BCUT2D eigenvalue weighted by Crippen LogP contribution is -2.35. The Morgan fingerprint density at radius 1 is 0.515 bits per heavy atom. The number of Topliss-reactive ketones (excluding diaryl/α,β-unsaturated/α-hetero) is 2. The van der Waals surface area contributed by atoms with Gasteiger partial charge in [-0.05, 0) is 80.9 Å². The molecule has 4 aromatic heterocycles. The summed E-state index contributed by atoms with van der Waals surface area (Å²) in [4.78, 5) is 112. The standard InChI is InChI=1S/C34H50N6O10.C19H30O9.C17H22N4O2/c1-7-46-19-25-38-30-31(40(25)22-34(5,6)45)23-10-8-9-11-24(23)37-32(30)39-26(41)18-36-28(43)21-49-17-15-47-14-16-48-20-27(42)35-13-12-29(44)50-33(2,3)4;1-19(2,3)28-18(24)6-4-5-15(20)13-26-11-9-25-10-12-27-14-16(21)7-8-17(22)23;1-4-23-9-13-20-14-15(21(13)10-17(2,3)22)11-7-5-6-8-12(11)19-16(14)18/h8-11,45H,7,12-22H2,1-6H3,(H,35,42)(H,36,43)(H,37,39,41);1,4-14H2,2-3H3;5-8,22H,4,9-10H2,1-3H3,(H2,18,19)/p+1. The molecule has 0 aliphatic rings. The number of ketones is 2. The molecule has 0 saturated carbocycles. The van der Waals surface area contributed by atoms with E-state index < -0.39 is 46.2 Å². The summed E-state index contributed by atoms with van der Waals surface area (Å²) in [7, 11) is 0. The Labute approximate surface area is 588 Å². The largest absolute Gasteiger partial charge is 0.481 e. The van der Waals surface area contributed by atoms with Crippen molar-refractivity contribution in [3.8, 4) is 0 Å².